The van der Waals surface area contributed by atoms with Gasteiger partial charge in [-0.15, -0.1) is 0 Å². The average Bonchev–Trinajstić information content (AvgIpc) is 3.34. The second kappa shape index (κ2) is 12.2. The summed E-state index contributed by atoms with van der Waals surface area (Å²) in [5.74, 6) is 0.124. The molecule has 1 aliphatic rings. The van der Waals surface area contributed by atoms with Gasteiger partial charge in [0.15, 0.2) is 17.7 Å². The highest BCUT2D eigenvalue weighted by atomic mass is 31.3. The second-order valence-corrected chi connectivity index (χ2v) is 11.1. The van der Waals surface area contributed by atoms with Gasteiger partial charge in [-0.1, -0.05) is 26.7 Å². The molecule has 15 nitrogen and oxygen atoms in total. The molecule has 0 saturated carbocycles. The number of phosphoric acid groups is 2. The number of nitrogen functional groups attached to an aromatic ring is 1. The van der Waals surface area contributed by atoms with E-state index in [1.807, 2.05) is 13.8 Å². The van der Waals surface area contributed by atoms with Gasteiger partial charge in [0.1, 0.15) is 30.2 Å². The van der Waals surface area contributed by atoms with Crippen molar-refractivity contribution in [1.29, 1.82) is 0 Å². The third-order valence-corrected chi connectivity index (χ3v) is 8.20. The predicted molar refractivity (Wildman–Crippen MR) is 122 cm³/mol. The van der Waals surface area contributed by atoms with Crippen LogP contribution in [-0.4, -0.2) is 72.8 Å². The Labute approximate surface area is 201 Å². The second-order valence-electron chi connectivity index (χ2n) is 7.80. The quantitative estimate of drug-likeness (QED) is 0.200. The first-order valence-corrected chi connectivity index (χ1v) is 14.1. The first-order valence-electron chi connectivity index (χ1n) is 11.1. The molecule has 1 fully saturated rings. The Balaban J connectivity index is 1.70. The Bertz CT molecular complexity index is 1070. The van der Waals surface area contributed by atoms with Crippen molar-refractivity contribution in [3.63, 3.8) is 0 Å². The third-order valence-electron chi connectivity index (χ3n) is 5.10. The van der Waals surface area contributed by atoms with Gasteiger partial charge in [-0.05, 0) is 12.8 Å². The van der Waals surface area contributed by atoms with Gasteiger partial charge >= 0.3 is 15.6 Å². The molecule has 35 heavy (non-hydrogen) atoms. The molecule has 0 amide bonds. The molecule has 5 N–H and O–H groups in total. The van der Waals surface area contributed by atoms with Crippen LogP contribution in [0.3, 0.4) is 0 Å². The zero-order valence-electron chi connectivity index (χ0n) is 19.4. The Morgan fingerprint density at radius 1 is 1.06 bits per heavy atom. The summed E-state index contributed by atoms with van der Waals surface area (Å²) in [6.45, 7) is 2.95. The molecule has 0 radical (unpaired) electrons. The molecule has 0 aromatic carbocycles. The Kier molecular flexibility index (Phi) is 9.75. The highest BCUT2D eigenvalue weighted by molar-refractivity contribution is 7.61. The molecular formula is C18H31N5O10P2. The van der Waals surface area contributed by atoms with Gasteiger partial charge in [-0.25, -0.2) is 24.1 Å². The fourth-order valence-corrected chi connectivity index (χ4v) is 5.89. The van der Waals surface area contributed by atoms with Crippen LogP contribution in [0.1, 0.15) is 45.8 Å². The van der Waals surface area contributed by atoms with Crippen LogP contribution in [0.5, 0.6) is 0 Å². The molecule has 0 aliphatic carbocycles. The molecule has 2 aromatic heterocycles. The van der Waals surface area contributed by atoms with E-state index in [1.54, 1.807) is 0 Å². The molecule has 2 unspecified atom stereocenters. The zero-order chi connectivity index (χ0) is 25.6. The van der Waals surface area contributed by atoms with Crippen molar-refractivity contribution in [3.8, 4) is 0 Å². The number of hydrogen-bond donors (Lipinski definition) is 4. The van der Waals surface area contributed by atoms with E-state index in [0.717, 1.165) is 0 Å². The molecule has 17 heteroatoms. The van der Waals surface area contributed by atoms with E-state index in [-0.39, 0.29) is 30.2 Å². The van der Waals surface area contributed by atoms with Gasteiger partial charge in [-0.3, -0.25) is 18.1 Å². The van der Waals surface area contributed by atoms with Gasteiger partial charge in [0, 0.05) is 0 Å². The lowest BCUT2D eigenvalue weighted by Crippen LogP contribution is -2.33. The summed E-state index contributed by atoms with van der Waals surface area (Å²) in [4.78, 5) is 22.0. The van der Waals surface area contributed by atoms with Crippen molar-refractivity contribution in [1.82, 2.24) is 19.5 Å². The summed E-state index contributed by atoms with van der Waals surface area (Å²) >= 11 is 0. The molecule has 198 valence electrons. The normalized spacial score (nSPS) is 26.1. The molecule has 0 bridgehead atoms. The van der Waals surface area contributed by atoms with Gasteiger partial charge in [0.2, 0.25) is 0 Å². The Morgan fingerprint density at radius 3 is 2.43 bits per heavy atom. The minimum Gasteiger partial charge on any atom is -0.387 e. The van der Waals surface area contributed by atoms with Crippen molar-refractivity contribution in [3.05, 3.63) is 12.7 Å². The lowest BCUT2D eigenvalue weighted by Gasteiger charge is -2.22. The van der Waals surface area contributed by atoms with Crippen LogP contribution in [0.2, 0.25) is 0 Å². The maximum atomic E-state index is 13.1. The molecule has 3 rings (SSSR count). The minimum atomic E-state index is -4.77. The maximum Gasteiger partial charge on any atom is 0.483 e. The SMILES string of the molecule is CCCCOP(=O)(O)OP(=O)(OCCCC)OC[C@H]1O[C@@H](n2cnc3c(N)ncnc32)[C@H](O)[C@@H]1O. The zero-order valence-corrected chi connectivity index (χ0v) is 21.2. The third kappa shape index (κ3) is 7.04. The Hall–Kier alpha value is -1.51. The van der Waals surface area contributed by atoms with Gasteiger partial charge < -0.3 is 25.6 Å². The number of unbranched alkanes of at least 4 members (excludes halogenated alkanes) is 2. The summed E-state index contributed by atoms with van der Waals surface area (Å²) in [6, 6.07) is 0. The fourth-order valence-electron chi connectivity index (χ4n) is 3.20. The van der Waals surface area contributed by atoms with Crippen LogP contribution in [0, 0.1) is 0 Å². The topological polar surface area (TPSA) is 211 Å². The van der Waals surface area contributed by atoms with Crippen molar-refractivity contribution in [2.45, 2.75) is 64.1 Å². The number of nitrogens with zero attached hydrogens (tertiary/aromatic N) is 4. The number of ether oxygens (including phenoxy) is 1. The van der Waals surface area contributed by atoms with Gasteiger partial charge in [-0.2, -0.15) is 4.31 Å². The summed E-state index contributed by atoms with van der Waals surface area (Å²) in [6.07, 6.45) is -0.397. The largest absolute Gasteiger partial charge is 0.483 e. The van der Waals surface area contributed by atoms with Crippen molar-refractivity contribution in [2.24, 2.45) is 0 Å². The fraction of sp³-hybridized carbons (Fsp3) is 0.722. The number of hydrogen-bond acceptors (Lipinski definition) is 13. The number of aliphatic hydroxyl groups excluding tert-OH is 2. The highest BCUT2D eigenvalue weighted by Crippen LogP contribution is 2.63. The Morgan fingerprint density at radius 2 is 1.74 bits per heavy atom. The van der Waals surface area contributed by atoms with Crippen LogP contribution >= 0.6 is 15.6 Å². The monoisotopic (exact) mass is 539 g/mol. The standard InChI is InChI=1S/C18H31N5O10P2/c1-3-5-7-29-34(26,27)33-35(28,30-8-6-4-2)31-9-12-14(24)15(25)18(32-12)23-11-22-13-16(19)20-10-21-17(13)23/h10-12,14-15,18,24-25H,3-9H2,1-2H3,(H,26,27)(H2,19,20,21)/t12-,14-,15-,18-,35?/m1/s1. The van der Waals surface area contributed by atoms with E-state index in [4.69, 9.17) is 28.4 Å². The average molecular weight is 539 g/mol. The van der Waals surface area contributed by atoms with E-state index >= 15 is 0 Å². The van der Waals surface area contributed by atoms with Crippen LogP contribution in [0.15, 0.2) is 12.7 Å². The number of fused-ring (bicyclic) bond motifs is 1. The predicted octanol–water partition coefficient (Wildman–Crippen LogP) is 1.90. The number of anilines is 1. The molecule has 0 spiro atoms. The number of imidazole rings is 1. The van der Waals surface area contributed by atoms with E-state index in [2.05, 4.69) is 15.0 Å². The maximum absolute atomic E-state index is 13.1. The van der Waals surface area contributed by atoms with Crippen molar-refractivity contribution >= 4 is 32.6 Å². The smallest absolute Gasteiger partial charge is 0.387 e. The number of phosphoric ester groups is 2. The van der Waals surface area contributed by atoms with Crippen LogP contribution < -0.4 is 5.73 Å². The van der Waals surface area contributed by atoms with Crippen LogP contribution in [0.25, 0.3) is 11.2 Å². The first-order chi connectivity index (χ1) is 16.6. The molecule has 6 atom stereocenters. The molecule has 1 saturated heterocycles. The summed E-state index contributed by atoms with van der Waals surface area (Å²) < 4.78 is 52.3. The van der Waals surface area contributed by atoms with E-state index < -0.39 is 46.8 Å². The van der Waals surface area contributed by atoms with Crippen molar-refractivity contribution < 1.29 is 46.9 Å². The minimum absolute atomic E-state index is 0.0791. The van der Waals surface area contributed by atoms with Gasteiger partial charge in [0.05, 0.1) is 26.1 Å². The molecule has 2 aromatic rings. The summed E-state index contributed by atoms with van der Waals surface area (Å²) in [7, 11) is -9.38. The summed E-state index contributed by atoms with van der Waals surface area (Å²) in [5.41, 5.74) is 6.32. The van der Waals surface area contributed by atoms with Crippen LogP contribution in [0.4, 0.5) is 5.82 Å². The van der Waals surface area contributed by atoms with Gasteiger partial charge in [0.25, 0.3) is 0 Å². The van der Waals surface area contributed by atoms with E-state index in [0.29, 0.717) is 25.7 Å². The molecular weight excluding hydrogens is 508 g/mol. The van der Waals surface area contributed by atoms with E-state index in [1.165, 1.54) is 17.2 Å². The van der Waals surface area contributed by atoms with Crippen LogP contribution in [-0.2, 0) is 31.7 Å². The number of aliphatic hydroxyl groups is 2. The first kappa shape index (κ1) is 28.1. The lowest BCUT2D eigenvalue weighted by molar-refractivity contribution is -0.0514. The molecule has 3 heterocycles. The summed E-state index contributed by atoms with van der Waals surface area (Å²) in [5, 5.41) is 21.0. The lowest BCUT2D eigenvalue weighted by atomic mass is 10.1. The number of rotatable bonds is 14. The highest BCUT2D eigenvalue weighted by Gasteiger charge is 2.46. The number of aromatic nitrogens is 4. The number of nitrogens with two attached hydrogens (primary N) is 1. The van der Waals surface area contributed by atoms with E-state index in [9.17, 15) is 24.2 Å². The van der Waals surface area contributed by atoms with Crippen molar-refractivity contribution in [2.75, 3.05) is 25.6 Å². The molecule has 1 aliphatic heterocycles.